The third-order valence-electron chi connectivity index (χ3n) is 4.74. The van der Waals surface area contributed by atoms with E-state index in [2.05, 4.69) is 5.32 Å². The van der Waals surface area contributed by atoms with Crippen molar-refractivity contribution in [3.63, 3.8) is 0 Å². The van der Waals surface area contributed by atoms with E-state index in [0.29, 0.717) is 22.8 Å². The number of ether oxygens (including phenoxy) is 1. The van der Waals surface area contributed by atoms with Gasteiger partial charge in [-0.1, -0.05) is 41.6 Å². The highest BCUT2D eigenvalue weighted by molar-refractivity contribution is 8.02. The van der Waals surface area contributed by atoms with Crippen LogP contribution in [-0.4, -0.2) is 28.8 Å². The maximum atomic E-state index is 13.0. The topological polar surface area (TPSA) is 75.7 Å². The Labute approximate surface area is 171 Å². The third-order valence-corrected chi connectivity index (χ3v) is 6.43. The molecular formula is C20H17ClN2O4S. The van der Waals surface area contributed by atoms with E-state index in [0.717, 1.165) is 4.90 Å². The van der Waals surface area contributed by atoms with Gasteiger partial charge in [-0.2, -0.15) is 0 Å². The van der Waals surface area contributed by atoms with Crippen LogP contribution in [0, 0.1) is 0 Å². The zero-order chi connectivity index (χ0) is 19.9. The van der Waals surface area contributed by atoms with Crippen molar-refractivity contribution >= 4 is 52.5 Å². The maximum Gasteiger partial charge on any atom is 0.344 e. The van der Waals surface area contributed by atoms with E-state index in [4.69, 9.17) is 16.3 Å². The normalized spacial score (nSPS) is 21.1. The Morgan fingerprint density at radius 1 is 1.25 bits per heavy atom. The highest BCUT2D eigenvalue weighted by Gasteiger charge is 2.58. The molecule has 0 radical (unpaired) electrons. The predicted octanol–water partition coefficient (Wildman–Crippen LogP) is 3.84. The van der Waals surface area contributed by atoms with Crippen LogP contribution in [0.5, 0.6) is 0 Å². The minimum Gasteiger partial charge on any atom is -0.450 e. The molecule has 28 heavy (non-hydrogen) atoms. The standard InChI is InChI=1S/C20H17ClN2O4S/c1-12(18(25)22-14-6-4-5-13(21)11-14)27-19(26)20-10-9-17(24)23(20)15-7-2-3-8-16(15)28-20/h2-8,11-12H,9-10H2,1H3,(H,22,25)/t12-,20-/m0/s1. The summed E-state index contributed by atoms with van der Waals surface area (Å²) in [6.07, 6.45) is -0.422. The number of halogens is 1. The molecule has 2 atom stereocenters. The minimum atomic E-state index is -1.15. The van der Waals surface area contributed by atoms with E-state index in [1.54, 1.807) is 24.3 Å². The van der Waals surface area contributed by atoms with Gasteiger partial charge < -0.3 is 10.1 Å². The number of thioether (sulfide) groups is 1. The Balaban J connectivity index is 1.50. The van der Waals surface area contributed by atoms with Crippen LogP contribution in [0.2, 0.25) is 5.02 Å². The van der Waals surface area contributed by atoms with Crippen molar-refractivity contribution in [1.29, 1.82) is 0 Å². The van der Waals surface area contributed by atoms with Crippen molar-refractivity contribution < 1.29 is 19.1 Å². The Morgan fingerprint density at radius 3 is 2.82 bits per heavy atom. The molecule has 2 aliphatic rings. The van der Waals surface area contributed by atoms with Crippen LogP contribution >= 0.6 is 23.4 Å². The summed E-state index contributed by atoms with van der Waals surface area (Å²) in [4.78, 5) is 39.1. The number of nitrogens with zero attached hydrogens (tertiary/aromatic N) is 1. The predicted molar refractivity (Wildman–Crippen MR) is 107 cm³/mol. The average molecular weight is 417 g/mol. The second kappa shape index (κ2) is 7.14. The van der Waals surface area contributed by atoms with Gasteiger partial charge in [0.15, 0.2) is 11.0 Å². The first-order valence-electron chi connectivity index (χ1n) is 8.79. The van der Waals surface area contributed by atoms with Gasteiger partial charge in [-0.3, -0.25) is 14.5 Å². The summed E-state index contributed by atoms with van der Waals surface area (Å²) in [7, 11) is 0. The lowest BCUT2D eigenvalue weighted by Gasteiger charge is -2.29. The number of para-hydroxylation sites is 1. The number of hydrogen-bond donors (Lipinski definition) is 1. The smallest absolute Gasteiger partial charge is 0.344 e. The zero-order valence-electron chi connectivity index (χ0n) is 15.0. The Morgan fingerprint density at radius 2 is 2.04 bits per heavy atom. The summed E-state index contributed by atoms with van der Waals surface area (Å²) in [6.45, 7) is 1.50. The van der Waals surface area contributed by atoms with E-state index in [9.17, 15) is 14.4 Å². The van der Waals surface area contributed by atoms with Crippen molar-refractivity contribution in [2.45, 2.75) is 35.6 Å². The first kappa shape index (κ1) is 18.8. The number of fused-ring (bicyclic) bond motifs is 3. The molecule has 6 nitrogen and oxygen atoms in total. The summed E-state index contributed by atoms with van der Waals surface area (Å²) in [5.74, 6) is -1.18. The quantitative estimate of drug-likeness (QED) is 0.766. The number of benzene rings is 2. The van der Waals surface area contributed by atoms with Crippen molar-refractivity contribution in [2.24, 2.45) is 0 Å². The molecule has 1 saturated heterocycles. The van der Waals surface area contributed by atoms with Crippen LogP contribution in [0.25, 0.3) is 0 Å². The van der Waals surface area contributed by atoms with Crippen molar-refractivity contribution in [2.75, 3.05) is 10.2 Å². The molecule has 0 spiro atoms. The molecule has 0 aliphatic carbocycles. The van der Waals surface area contributed by atoms with Gasteiger partial charge in [0, 0.05) is 28.4 Å². The highest BCUT2D eigenvalue weighted by Crippen LogP contribution is 2.56. The number of carbonyl (C=O) groups is 3. The molecule has 0 bridgehead atoms. The average Bonchev–Trinajstić information content (AvgIpc) is 3.17. The molecule has 0 saturated carbocycles. The molecule has 8 heteroatoms. The molecule has 1 fully saturated rings. The lowest BCUT2D eigenvalue weighted by atomic mass is 10.2. The first-order valence-corrected chi connectivity index (χ1v) is 9.99. The lowest BCUT2D eigenvalue weighted by Crippen LogP contribution is -2.49. The second-order valence-corrected chi connectivity index (χ2v) is 8.39. The molecule has 2 aliphatic heterocycles. The molecular weight excluding hydrogens is 400 g/mol. The Bertz CT molecular complexity index is 982. The van der Waals surface area contributed by atoms with Crippen LogP contribution in [0.15, 0.2) is 53.4 Å². The molecule has 2 aromatic carbocycles. The van der Waals surface area contributed by atoms with E-state index in [-0.39, 0.29) is 12.3 Å². The Hall–Kier alpha value is -2.51. The largest absolute Gasteiger partial charge is 0.450 e. The summed E-state index contributed by atoms with van der Waals surface area (Å²) < 4.78 is 5.48. The molecule has 0 unspecified atom stereocenters. The van der Waals surface area contributed by atoms with Gasteiger partial charge in [0.05, 0.1) is 5.69 Å². The van der Waals surface area contributed by atoms with E-state index in [1.165, 1.54) is 23.6 Å². The fraction of sp³-hybridized carbons (Fsp3) is 0.250. The number of amides is 2. The lowest BCUT2D eigenvalue weighted by molar-refractivity contribution is -0.155. The van der Waals surface area contributed by atoms with Crippen LogP contribution < -0.4 is 10.2 Å². The van der Waals surface area contributed by atoms with Gasteiger partial charge in [0.25, 0.3) is 5.91 Å². The number of carbonyl (C=O) groups excluding carboxylic acids is 3. The number of anilines is 2. The van der Waals surface area contributed by atoms with Gasteiger partial charge in [-0.25, -0.2) is 4.79 Å². The fourth-order valence-electron chi connectivity index (χ4n) is 3.39. The number of esters is 1. The van der Waals surface area contributed by atoms with E-state index in [1.807, 2.05) is 24.3 Å². The zero-order valence-corrected chi connectivity index (χ0v) is 16.5. The van der Waals surface area contributed by atoms with Gasteiger partial charge in [-0.15, -0.1) is 0 Å². The van der Waals surface area contributed by atoms with Crippen molar-refractivity contribution in [3.8, 4) is 0 Å². The molecule has 144 valence electrons. The van der Waals surface area contributed by atoms with Gasteiger partial charge in [0.2, 0.25) is 5.91 Å². The number of rotatable bonds is 4. The van der Waals surface area contributed by atoms with Gasteiger partial charge in [0.1, 0.15) is 0 Å². The fourth-order valence-corrected chi connectivity index (χ4v) is 4.98. The SMILES string of the molecule is C[C@H](OC(=O)[C@@]12CCC(=O)N1c1ccccc1S2)C(=O)Nc1cccc(Cl)c1. The molecule has 0 aromatic heterocycles. The van der Waals surface area contributed by atoms with Gasteiger partial charge >= 0.3 is 5.97 Å². The summed E-state index contributed by atoms with van der Waals surface area (Å²) in [6, 6.07) is 14.1. The van der Waals surface area contributed by atoms with Crippen LogP contribution in [0.4, 0.5) is 11.4 Å². The maximum absolute atomic E-state index is 13.0. The van der Waals surface area contributed by atoms with Crippen LogP contribution in [-0.2, 0) is 19.1 Å². The molecule has 4 rings (SSSR count). The van der Waals surface area contributed by atoms with Crippen molar-refractivity contribution in [3.05, 3.63) is 53.6 Å². The molecule has 1 N–H and O–H groups in total. The monoisotopic (exact) mass is 416 g/mol. The third kappa shape index (κ3) is 3.14. The molecule has 2 amide bonds. The van der Waals surface area contributed by atoms with E-state index >= 15 is 0 Å². The molecule has 2 aromatic rings. The highest BCUT2D eigenvalue weighted by atomic mass is 35.5. The number of hydrogen-bond acceptors (Lipinski definition) is 5. The second-order valence-electron chi connectivity index (χ2n) is 6.63. The Kier molecular flexibility index (Phi) is 4.81. The molecule has 2 heterocycles. The van der Waals surface area contributed by atoms with E-state index < -0.39 is 22.9 Å². The van der Waals surface area contributed by atoms with Crippen molar-refractivity contribution in [1.82, 2.24) is 0 Å². The van der Waals surface area contributed by atoms with Gasteiger partial charge in [-0.05, 0) is 37.3 Å². The first-order chi connectivity index (χ1) is 13.4. The minimum absolute atomic E-state index is 0.120. The summed E-state index contributed by atoms with van der Waals surface area (Å²) >= 11 is 7.23. The van der Waals surface area contributed by atoms with Crippen LogP contribution in [0.3, 0.4) is 0 Å². The summed E-state index contributed by atoms with van der Waals surface area (Å²) in [5.41, 5.74) is 1.22. The van der Waals surface area contributed by atoms with Crippen LogP contribution in [0.1, 0.15) is 19.8 Å². The summed E-state index contributed by atoms with van der Waals surface area (Å²) in [5, 5.41) is 3.16. The number of nitrogens with one attached hydrogen (secondary N) is 1.